The maximum atomic E-state index is 10.2. The maximum Gasteiger partial charge on any atom is 0.119 e. The fourth-order valence-electron chi connectivity index (χ4n) is 2.15. The second-order valence-electron chi connectivity index (χ2n) is 3.73. The van der Waals surface area contributed by atoms with E-state index in [4.69, 9.17) is 5.73 Å². The summed E-state index contributed by atoms with van der Waals surface area (Å²) >= 11 is 0. The summed E-state index contributed by atoms with van der Waals surface area (Å²) in [4.78, 5) is 0. The second-order valence-corrected chi connectivity index (χ2v) is 3.73. The minimum atomic E-state index is -0.848. The summed E-state index contributed by atoms with van der Waals surface area (Å²) < 4.78 is 1.74. The molecule has 1 atom stereocenters. The van der Waals surface area contributed by atoms with Crippen LogP contribution in [0.2, 0.25) is 0 Å². The van der Waals surface area contributed by atoms with Gasteiger partial charge in [-0.3, -0.25) is 4.68 Å². The van der Waals surface area contributed by atoms with Crippen LogP contribution >= 0.6 is 0 Å². The van der Waals surface area contributed by atoms with E-state index >= 15 is 0 Å². The van der Waals surface area contributed by atoms with Gasteiger partial charge >= 0.3 is 0 Å². The van der Waals surface area contributed by atoms with Crippen molar-refractivity contribution in [1.82, 2.24) is 9.78 Å². The highest BCUT2D eigenvalue weighted by molar-refractivity contribution is 5.27. The van der Waals surface area contributed by atoms with Gasteiger partial charge in [-0.15, -0.1) is 0 Å². The Morgan fingerprint density at radius 2 is 2.54 bits per heavy atom. The van der Waals surface area contributed by atoms with Gasteiger partial charge in [-0.25, -0.2) is 0 Å². The number of hydrogen-bond donors (Lipinski definition) is 2. The van der Waals surface area contributed by atoms with Crippen molar-refractivity contribution in [2.75, 3.05) is 6.54 Å². The Hall–Kier alpha value is -0.870. The standard InChI is InChI=1S/C9H15N3O/c1-12-8-7(5-11-12)3-2-4-9(8,13)6-10/h5,13H,2-4,6,10H2,1H3. The first-order chi connectivity index (χ1) is 6.17. The molecule has 0 spiro atoms. The van der Waals surface area contributed by atoms with Crippen LogP contribution in [0.25, 0.3) is 0 Å². The molecule has 1 aliphatic rings. The van der Waals surface area contributed by atoms with E-state index in [9.17, 15) is 5.11 Å². The van der Waals surface area contributed by atoms with Crippen LogP contribution in [0.1, 0.15) is 24.1 Å². The van der Waals surface area contributed by atoms with Crippen molar-refractivity contribution in [3.05, 3.63) is 17.5 Å². The van der Waals surface area contributed by atoms with Crippen LogP contribution in [0.5, 0.6) is 0 Å². The highest BCUT2D eigenvalue weighted by Gasteiger charge is 2.35. The Kier molecular flexibility index (Phi) is 1.89. The van der Waals surface area contributed by atoms with Gasteiger partial charge < -0.3 is 10.8 Å². The van der Waals surface area contributed by atoms with Gasteiger partial charge in [0, 0.05) is 13.6 Å². The molecule has 72 valence electrons. The van der Waals surface area contributed by atoms with Crippen LogP contribution in [0.4, 0.5) is 0 Å². The Balaban J connectivity index is 2.52. The van der Waals surface area contributed by atoms with Crippen LogP contribution in [-0.4, -0.2) is 21.4 Å². The minimum absolute atomic E-state index is 0.277. The molecule has 1 aromatic rings. The zero-order chi connectivity index (χ0) is 9.47. The van der Waals surface area contributed by atoms with Crippen LogP contribution in [0, 0.1) is 0 Å². The lowest BCUT2D eigenvalue weighted by molar-refractivity contribution is 0.0199. The fourth-order valence-corrected chi connectivity index (χ4v) is 2.15. The molecular formula is C9H15N3O. The van der Waals surface area contributed by atoms with Crippen molar-refractivity contribution >= 4 is 0 Å². The number of fused-ring (bicyclic) bond motifs is 1. The average molecular weight is 181 g/mol. The fraction of sp³-hybridized carbons (Fsp3) is 0.667. The molecule has 1 aromatic heterocycles. The first kappa shape index (κ1) is 8.72. The molecule has 3 N–H and O–H groups in total. The molecule has 13 heavy (non-hydrogen) atoms. The summed E-state index contributed by atoms with van der Waals surface area (Å²) in [7, 11) is 1.85. The average Bonchev–Trinajstić information content (AvgIpc) is 2.50. The zero-order valence-corrected chi connectivity index (χ0v) is 7.82. The first-order valence-electron chi connectivity index (χ1n) is 4.61. The monoisotopic (exact) mass is 181 g/mol. The normalized spacial score (nSPS) is 27.3. The lowest BCUT2D eigenvalue weighted by Gasteiger charge is -2.31. The molecule has 0 bridgehead atoms. The molecule has 0 saturated carbocycles. The predicted octanol–water partition coefficient (Wildman–Crippen LogP) is -0.0973. The molecule has 1 aliphatic carbocycles. The molecular weight excluding hydrogens is 166 g/mol. The Labute approximate surface area is 77.4 Å². The Morgan fingerprint density at radius 1 is 1.77 bits per heavy atom. The highest BCUT2D eigenvalue weighted by Crippen LogP contribution is 2.33. The molecule has 4 heteroatoms. The van der Waals surface area contributed by atoms with Gasteiger partial charge in [0.2, 0.25) is 0 Å². The van der Waals surface area contributed by atoms with Crippen molar-refractivity contribution < 1.29 is 5.11 Å². The molecule has 0 radical (unpaired) electrons. The number of aliphatic hydroxyl groups is 1. The molecule has 2 rings (SSSR count). The second kappa shape index (κ2) is 2.82. The number of nitrogens with zero attached hydrogens (tertiary/aromatic N) is 2. The smallest absolute Gasteiger partial charge is 0.119 e. The number of nitrogens with two attached hydrogens (primary N) is 1. The van der Waals surface area contributed by atoms with Crippen LogP contribution in [-0.2, 0) is 19.1 Å². The maximum absolute atomic E-state index is 10.2. The number of aromatic nitrogens is 2. The van der Waals surface area contributed by atoms with Crippen molar-refractivity contribution in [3.63, 3.8) is 0 Å². The van der Waals surface area contributed by atoms with E-state index in [0.29, 0.717) is 0 Å². The van der Waals surface area contributed by atoms with Crippen molar-refractivity contribution in [1.29, 1.82) is 0 Å². The summed E-state index contributed by atoms with van der Waals surface area (Å²) in [5, 5.41) is 14.4. The largest absolute Gasteiger partial charge is 0.382 e. The van der Waals surface area contributed by atoms with Crippen molar-refractivity contribution in [2.24, 2.45) is 12.8 Å². The van der Waals surface area contributed by atoms with Crippen LogP contribution in [0.3, 0.4) is 0 Å². The summed E-state index contributed by atoms with van der Waals surface area (Å²) in [6.07, 6.45) is 4.57. The summed E-state index contributed by atoms with van der Waals surface area (Å²) in [6, 6.07) is 0. The number of aryl methyl sites for hydroxylation is 2. The molecule has 4 nitrogen and oxygen atoms in total. The SMILES string of the molecule is Cn1ncc2c1C(O)(CN)CCC2. The van der Waals surface area contributed by atoms with Gasteiger partial charge in [-0.05, 0) is 24.8 Å². The van der Waals surface area contributed by atoms with E-state index in [1.807, 2.05) is 13.2 Å². The van der Waals surface area contributed by atoms with Gasteiger partial charge in [-0.2, -0.15) is 5.10 Å². The van der Waals surface area contributed by atoms with Gasteiger partial charge in [0.05, 0.1) is 11.9 Å². The Bertz CT molecular complexity index is 321. The van der Waals surface area contributed by atoms with Crippen molar-refractivity contribution in [2.45, 2.75) is 24.9 Å². The van der Waals surface area contributed by atoms with Crippen LogP contribution < -0.4 is 5.73 Å². The first-order valence-corrected chi connectivity index (χ1v) is 4.61. The molecule has 0 aromatic carbocycles. The number of hydrogen-bond acceptors (Lipinski definition) is 3. The lowest BCUT2D eigenvalue weighted by Crippen LogP contribution is -2.39. The topological polar surface area (TPSA) is 64.1 Å². The quantitative estimate of drug-likeness (QED) is 0.636. The third kappa shape index (κ3) is 1.17. The summed E-state index contributed by atoms with van der Waals surface area (Å²) in [5.41, 5.74) is 6.79. The molecule has 1 unspecified atom stereocenters. The highest BCUT2D eigenvalue weighted by atomic mass is 16.3. The van der Waals surface area contributed by atoms with Gasteiger partial charge in [-0.1, -0.05) is 0 Å². The number of rotatable bonds is 1. The van der Waals surface area contributed by atoms with E-state index in [1.165, 1.54) is 0 Å². The Morgan fingerprint density at radius 3 is 3.23 bits per heavy atom. The molecule has 0 amide bonds. The third-order valence-electron chi connectivity index (χ3n) is 2.83. The zero-order valence-electron chi connectivity index (χ0n) is 7.82. The van der Waals surface area contributed by atoms with E-state index in [1.54, 1.807) is 4.68 Å². The predicted molar refractivity (Wildman–Crippen MR) is 49.1 cm³/mol. The van der Waals surface area contributed by atoms with Gasteiger partial charge in [0.15, 0.2) is 0 Å². The van der Waals surface area contributed by atoms with E-state index in [2.05, 4.69) is 5.10 Å². The van der Waals surface area contributed by atoms with E-state index in [-0.39, 0.29) is 6.54 Å². The summed E-state index contributed by atoms with van der Waals surface area (Å²) in [5.74, 6) is 0. The van der Waals surface area contributed by atoms with Crippen LogP contribution in [0.15, 0.2) is 6.20 Å². The third-order valence-corrected chi connectivity index (χ3v) is 2.83. The molecule has 0 aliphatic heterocycles. The van der Waals surface area contributed by atoms with Gasteiger partial charge in [0.25, 0.3) is 0 Å². The minimum Gasteiger partial charge on any atom is -0.382 e. The summed E-state index contributed by atoms with van der Waals surface area (Å²) in [6.45, 7) is 0.277. The van der Waals surface area contributed by atoms with Crippen molar-refractivity contribution in [3.8, 4) is 0 Å². The van der Waals surface area contributed by atoms with E-state index < -0.39 is 5.60 Å². The van der Waals surface area contributed by atoms with E-state index in [0.717, 1.165) is 30.5 Å². The molecule has 1 heterocycles. The van der Waals surface area contributed by atoms with Gasteiger partial charge in [0.1, 0.15) is 5.60 Å². The molecule has 0 fully saturated rings. The molecule has 0 saturated heterocycles. The lowest BCUT2D eigenvalue weighted by atomic mass is 9.84.